The highest BCUT2D eigenvalue weighted by Crippen LogP contribution is 2.40. The van der Waals surface area contributed by atoms with E-state index in [1.165, 1.54) is 35.6 Å². The number of thiophene rings is 1. The number of alkyl carbamates (subject to hydrolysis) is 1. The Morgan fingerprint density at radius 2 is 1.94 bits per heavy atom. The lowest BCUT2D eigenvalue weighted by Gasteiger charge is -2.18. The lowest BCUT2D eigenvalue weighted by atomic mass is 9.88. The standard InChI is InChI=1S/C23H28N2O6S2/c1-5-31-23(28)25-21(27)19-17-10-9-14(4)11-18(17)32-22(19)24-20(26)15-7-6-8-16(12-15)33(29,30)13(2)3/h6-8,12-14H,5,9-11H2,1-4H3,(H,24,26)(H,25,27,28). The van der Waals surface area contributed by atoms with Gasteiger partial charge < -0.3 is 10.1 Å². The van der Waals surface area contributed by atoms with Crippen LogP contribution < -0.4 is 10.6 Å². The largest absolute Gasteiger partial charge is 0.450 e. The van der Waals surface area contributed by atoms with Crippen molar-refractivity contribution in [3.63, 3.8) is 0 Å². The summed E-state index contributed by atoms with van der Waals surface area (Å²) in [5.41, 5.74) is 1.24. The predicted octanol–water partition coefficient (Wildman–Crippen LogP) is 4.19. The van der Waals surface area contributed by atoms with Crippen LogP contribution in [0.1, 0.15) is 65.3 Å². The summed E-state index contributed by atoms with van der Waals surface area (Å²) in [6.07, 6.45) is 1.48. The van der Waals surface area contributed by atoms with Gasteiger partial charge in [0, 0.05) is 10.4 Å². The fourth-order valence-corrected chi connectivity index (χ4v) is 6.17. The summed E-state index contributed by atoms with van der Waals surface area (Å²) in [6, 6.07) is 5.82. The van der Waals surface area contributed by atoms with Gasteiger partial charge >= 0.3 is 6.09 Å². The molecule has 0 bridgehead atoms. The maximum Gasteiger partial charge on any atom is 0.414 e. The molecule has 33 heavy (non-hydrogen) atoms. The first-order chi connectivity index (χ1) is 15.5. The first-order valence-electron chi connectivity index (χ1n) is 10.8. The quantitative estimate of drug-likeness (QED) is 0.624. The van der Waals surface area contributed by atoms with Crippen molar-refractivity contribution in [1.82, 2.24) is 5.32 Å². The van der Waals surface area contributed by atoms with E-state index in [1.54, 1.807) is 20.8 Å². The van der Waals surface area contributed by atoms with Gasteiger partial charge in [0.2, 0.25) is 0 Å². The number of sulfone groups is 1. The molecule has 1 heterocycles. The molecule has 3 rings (SSSR count). The van der Waals surface area contributed by atoms with Crippen molar-refractivity contribution in [3.05, 3.63) is 45.8 Å². The van der Waals surface area contributed by atoms with Crippen LogP contribution >= 0.6 is 11.3 Å². The van der Waals surface area contributed by atoms with Crippen molar-refractivity contribution in [2.75, 3.05) is 11.9 Å². The van der Waals surface area contributed by atoms with E-state index in [0.717, 1.165) is 23.3 Å². The highest BCUT2D eigenvalue weighted by Gasteiger charge is 2.30. The molecule has 1 aromatic heterocycles. The number of hydrogen-bond donors (Lipinski definition) is 2. The molecule has 0 saturated carbocycles. The molecular formula is C23H28N2O6S2. The van der Waals surface area contributed by atoms with Crippen LogP contribution in [0, 0.1) is 5.92 Å². The number of amides is 3. The molecule has 3 amide bonds. The lowest BCUT2D eigenvalue weighted by Crippen LogP contribution is -2.32. The number of rotatable bonds is 6. The van der Waals surface area contributed by atoms with Crippen LogP contribution in [-0.2, 0) is 27.4 Å². The van der Waals surface area contributed by atoms with E-state index in [4.69, 9.17) is 4.74 Å². The van der Waals surface area contributed by atoms with Crippen molar-refractivity contribution in [2.24, 2.45) is 5.92 Å². The van der Waals surface area contributed by atoms with Gasteiger partial charge in [0.25, 0.3) is 11.8 Å². The molecule has 10 heteroatoms. The lowest BCUT2D eigenvalue weighted by molar-refractivity contribution is 0.0925. The maximum atomic E-state index is 13.0. The fraction of sp³-hybridized carbons (Fsp3) is 0.435. The van der Waals surface area contributed by atoms with Crippen LogP contribution in [-0.4, -0.2) is 38.2 Å². The van der Waals surface area contributed by atoms with Crippen molar-refractivity contribution < 1.29 is 27.5 Å². The number of fused-ring (bicyclic) bond motifs is 1. The maximum absolute atomic E-state index is 13.0. The van der Waals surface area contributed by atoms with Crippen LogP contribution in [0.25, 0.3) is 0 Å². The van der Waals surface area contributed by atoms with E-state index in [0.29, 0.717) is 17.3 Å². The minimum Gasteiger partial charge on any atom is -0.450 e. The normalized spacial score (nSPS) is 15.6. The second-order valence-corrected chi connectivity index (χ2v) is 11.9. The monoisotopic (exact) mass is 492 g/mol. The van der Waals surface area contributed by atoms with Gasteiger partial charge in [0.05, 0.1) is 22.3 Å². The number of ether oxygens (including phenoxy) is 1. The number of imide groups is 1. The Labute approximate surface area is 197 Å². The molecule has 1 aliphatic rings. The van der Waals surface area contributed by atoms with Gasteiger partial charge in [-0.15, -0.1) is 11.3 Å². The SMILES string of the molecule is CCOC(=O)NC(=O)c1c(NC(=O)c2cccc(S(=O)(=O)C(C)C)c2)sc2c1CCC(C)C2. The van der Waals surface area contributed by atoms with Gasteiger partial charge in [-0.3, -0.25) is 14.9 Å². The van der Waals surface area contributed by atoms with Gasteiger partial charge in [0.1, 0.15) is 5.00 Å². The fourth-order valence-electron chi connectivity index (χ4n) is 3.66. The average molecular weight is 493 g/mol. The molecule has 0 fully saturated rings. The minimum absolute atomic E-state index is 0.0599. The highest BCUT2D eigenvalue weighted by molar-refractivity contribution is 7.92. The summed E-state index contributed by atoms with van der Waals surface area (Å²) in [6.45, 7) is 7.04. The highest BCUT2D eigenvalue weighted by atomic mass is 32.2. The number of anilines is 1. The molecule has 1 atom stereocenters. The summed E-state index contributed by atoms with van der Waals surface area (Å²) in [4.78, 5) is 38.8. The predicted molar refractivity (Wildman–Crippen MR) is 127 cm³/mol. The molecular weight excluding hydrogens is 464 g/mol. The zero-order chi connectivity index (χ0) is 24.3. The summed E-state index contributed by atoms with van der Waals surface area (Å²) >= 11 is 1.31. The Kier molecular flexibility index (Phi) is 7.58. The van der Waals surface area contributed by atoms with Crippen molar-refractivity contribution in [3.8, 4) is 0 Å². The minimum atomic E-state index is -3.55. The molecule has 1 aromatic carbocycles. The van der Waals surface area contributed by atoms with Crippen LogP contribution in [0.3, 0.4) is 0 Å². The van der Waals surface area contributed by atoms with E-state index in [2.05, 4.69) is 17.6 Å². The zero-order valence-electron chi connectivity index (χ0n) is 19.1. The summed E-state index contributed by atoms with van der Waals surface area (Å²) < 4.78 is 29.8. The molecule has 2 N–H and O–H groups in total. The Bertz CT molecular complexity index is 1180. The number of hydrogen-bond acceptors (Lipinski definition) is 7. The third kappa shape index (κ3) is 5.44. The smallest absolute Gasteiger partial charge is 0.414 e. The number of carbonyl (C=O) groups is 3. The van der Waals surface area contributed by atoms with E-state index in [-0.39, 0.29) is 22.6 Å². The van der Waals surface area contributed by atoms with E-state index >= 15 is 0 Å². The molecule has 0 spiro atoms. The van der Waals surface area contributed by atoms with E-state index in [9.17, 15) is 22.8 Å². The van der Waals surface area contributed by atoms with Gasteiger partial charge in [-0.25, -0.2) is 13.2 Å². The van der Waals surface area contributed by atoms with Gasteiger partial charge in [-0.1, -0.05) is 13.0 Å². The van der Waals surface area contributed by atoms with Crippen LogP contribution in [0.2, 0.25) is 0 Å². The second kappa shape index (κ2) is 10.0. The molecule has 2 aromatic rings. The summed E-state index contributed by atoms with van der Waals surface area (Å²) in [7, 11) is -3.55. The van der Waals surface area contributed by atoms with E-state index < -0.39 is 33.0 Å². The molecule has 8 nitrogen and oxygen atoms in total. The van der Waals surface area contributed by atoms with Gasteiger partial charge in [-0.05, 0) is 69.7 Å². The molecule has 178 valence electrons. The van der Waals surface area contributed by atoms with Crippen LogP contribution in [0.15, 0.2) is 29.2 Å². The first kappa shape index (κ1) is 24.9. The van der Waals surface area contributed by atoms with Crippen LogP contribution in [0.5, 0.6) is 0 Å². The number of nitrogens with one attached hydrogen (secondary N) is 2. The summed E-state index contributed by atoms with van der Waals surface area (Å²) in [5.74, 6) is -0.724. The molecule has 1 aliphatic carbocycles. The molecule has 0 aliphatic heterocycles. The third-order valence-corrected chi connectivity index (χ3v) is 8.82. The second-order valence-electron chi connectivity index (χ2n) is 8.31. The number of benzene rings is 1. The molecule has 0 radical (unpaired) electrons. The van der Waals surface area contributed by atoms with Crippen molar-refractivity contribution in [1.29, 1.82) is 0 Å². The zero-order valence-corrected chi connectivity index (χ0v) is 20.7. The molecule has 1 unspecified atom stereocenters. The van der Waals surface area contributed by atoms with Gasteiger partial charge in [-0.2, -0.15) is 0 Å². The third-order valence-electron chi connectivity index (χ3n) is 5.50. The Morgan fingerprint density at radius 3 is 2.61 bits per heavy atom. The van der Waals surface area contributed by atoms with Gasteiger partial charge in [0.15, 0.2) is 9.84 Å². The first-order valence-corrected chi connectivity index (χ1v) is 13.2. The Morgan fingerprint density at radius 1 is 1.21 bits per heavy atom. The Balaban J connectivity index is 1.94. The van der Waals surface area contributed by atoms with Crippen LogP contribution in [0.4, 0.5) is 9.80 Å². The van der Waals surface area contributed by atoms with E-state index in [1.807, 2.05) is 0 Å². The number of carbonyl (C=O) groups excluding carboxylic acids is 3. The topological polar surface area (TPSA) is 119 Å². The Hall–Kier alpha value is -2.72. The summed E-state index contributed by atoms with van der Waals surface area (Å²) in [5, 5.41) is 4.69. The van der Waals surface area contributed by atoms with Crippen molar-refractivity contribution >= 4 is 44.1 Å². The average Bonchev–Trinajstić information content (AvgIpc) is 3.10. The molecule has 0 saturated heterocycles. The van der Waals surface area contributed by atoms with Crippen molar-refractivity contribution in [2.45, 2.75) is 57.1 Å².